The fraction of sp³-hybridized carbons (Fsp3) is 0.911. The molecular weight excluding hydrogens is 979 g/mol. The molecule has 1 saturated heterocycles. The van der Waals surface area contributed by atoms with Gasteiger partial charge in [-0.15, -0.1) is 0 Å². The Morgan fingerprint density at radius 2 is 1.19 bits per heavy atom. The molecule has 1 heterocycles. The van der Waals surface area contributed by atoms with E-state index in [2.05, 4.69) is 0 Å². The number of alkyl halides is 6. The van der Waals surface area contributed by atoms with Gasteiger partial charge in [0.1, 0.15) is 29.5 Å². The predicted molar refractivity (Wildman–Crippen MR) is 253 cm³/mol. The van der Waals surface area contributed by atoms with Crippen molar-refractivity contribution in [1.82, 2.24) is 0 Å². The number of halogens is 6. The highest BCUT2D eigenvalue weighted by Gasteiger charge is 2.71. The second-order valence-corrected chi connectivity index (χ2v) is 27.6. The first-order valence-electron chi connectivity index (χ1n) is 27.7. The Hall–Kier alpha value is -3.15. The number of carbonyl (C=O) groups excluding carboxylic acids is 5. The van der Waals surface area contributed by atoms with E-state index in [0.29, 0.717) is 50.4 Å². The maximum atomic E-state index is 15.2. The number of ether oxygens (including phenoxy) is 5. The van der Waals surface area contributed by atoms with Gasteiger partial charge >= 0.3 is 42.2 Å². The number of rotatable bonds is 20. The van der Waals surface area contributed by atoms with Crippen LogP contribution in [-0.2, 0) is 47.7 Å². The average molecular weight is 1060 g/mol. The zero-order chi connectivity index (χ0) is 54.2. The molecule has 1 aliphatic heterocycles. The second kappa shape index (κ2) is 18.5. The molecular formula is C56H80F6O12. The van der Waals surface area contributed by atoms with Crippen LogP contribution in [0.25, 0.3) is 0 Å². The first-order valence-corrected chi connectivity index (χ1v) is 27.7. The number of hydrogen-bond donors (Lipinski definition) is 2. The van der Waals surface area contributed by atoms with E-state index in [1.54, 1.807) is 27.7 Å². The molecule has 418 valence electrons. The van der Waals surface area contributed by atoms with E-state index in [1.807, 2.05) is 13.8 Å². The van der Waals surface area contributed by atoms with Gasteiger partial charge in [-0.2, -0.15) is 26.3 Å². The van der Waals surface area contributed by atoms with Gasteiger partial charge in [0.25, 0.3) is 5.60 Å². The molecule has 10 saturated carbocycles. The Balaban J connectivity index is 0.973. The summed E-state index contributed by atoms with van der Waals surface area (Å²) >= 11 is 0. The Bertz CT molecular complexity index is 2170. The third-order valence-electron chi connectivity index (χ3n) is 21.4. The number of fused-ring (bicyclic) bond motifs is 1. The maximum Gasteiger partial charge on any atom is 0.426 e. The van der Waals surface area contributed by atoms with Gasteiger partial charge < -0.3 is 33.9 Å². The van der Waals surface area contributed by atoms with Crippen molar-refractivity contribution in [2.24, 2.45) is 74.9 Å². The Morgan fingerprint density at radius 3 is 1.72 bits per heavy atom. The Labute approximate surface area is 431 Å². The van der Waals surface area contributed by atoms with Crippen LogP contribution in [0.5, 0.6) is 0 Å². The lowest BCUT2D eigenvalue weighted by Gasteiger charge is -2.59. The van der Waals surface area contributed by atoms with Gasteiger partial charge in [-0.1, -0.05) is 6.92 Å². The fourth-order valence-corrected chi connectivity index (χ4v) is 16.6. The van der Waals surface area contributed by atoms with Crippen molar-refractivity contribution in [3.05, 3.63) is 0 Å². The van der Waals surface area contributed by atoms with E-state index < -0.39 is 105 Å². The van der Waals surface area contributed by atoms with Crippen molar-refractivity contribution >= 4 is 29.8 Å². The van der Waals surface area contributed by atoms with Crippen LogP contribution >= 0.6 is 0 Å². The monoisotopic (exact) mass is 1060 g/mol. The van der Waals surface area contributed by atoms with E-state index in [9.17, 15) is 55.7 Å². The van der Waals surface area contributed by atoms with Crippen LogP contribution in [0, 0.1) is 74.9 Å². The van der Waals surface area contributed by atoms with Gasteiger partial charge in [0.05, 0.1) is 33.2 Å². The normalized spacial score (nSPS) is 39.5. The summed E-state index contributed by atoms with van der Waals surface area (Å²) in [5, 5.41) is 21.7. The average Bonchev–Trinajstić information content (AvgIpc) is 3.92. The summed E-state index contributed by atoms with van der Waals surface area (Å²) in [6, 6.07) is 0. The predicted octanol–water partition coefficient (Wildman–Crippen LogP) is 10.8. The highest BCUT2D eigenvalue weighted by molar-refractivity contribution is 5.81. The van der Waals surface area contributed by atoms with Gasteiger partial charge in [0, 0.05) is 24.7 Å². The molecule has 11 fully saturated rings. The van der Waals surface area contributed by atoms with E-state index in [-0.39, 0.29) is 92.3 Å². The Morgan fingerprint density at radius 1 is 0.676 bits per heavy atom. The number of aliphatic hydroxyl groups is 2. The highest BCUT2D eigenvalue weighted by atomic mass is 19.4. The number of hydrogen-bond acceptors (Lipinski definition) is 12. The zero-order valence-corrected chi connectivity index (χ0v) is 44.5. The molecule has 10 aliphatic carbocycles. The van der Waals surface area contributed by atoms with Crippen LogP contribution in [0.2, 0.25) is 0 Å². The van der Waals surface area contributed by atoms with Gasteiger partial charge in [0.15, 0.2) is 0 Å². The van der Waals surface area contributed by atoms with Crippen LogP contribution < -0.4 is 0 Å². The lowest BCUT2D eigenvalue weighted by atomic mass is 9.50. The van der Waals surface area contributed by atoms with E-state index >= 15 is 4.79 Å². The summed E-state index contributed by atoms with van der Waals surface area (Å²) < 4.78 is 114. The quantitative estimate of drug-likeness (QED) is 0.0673. The molecule has 11 atom stereocenters. The van der Waals surface area contributed by atoms with Crippen LogP contribution in [0.3, 0.4) is 0 Å². The molecule has 0 aromatic rings. The maximum absolute atomic E-state index is 15.2. The van der Waals surface area contributed by atoms with Gasteiger partial charge in [-0.25, -0.2) is 0 Å². The minimum Gasteiger partial charge on any atom is -0.462 e. The summed E-state index contributed by atoms with van der Waals surface area (Å²) in [4.78, 5) is 71.0. The summed E-state index contributed by atoms with van der Waals surface area (Å²) in [6.45, 7) is 12.9. The summed E-state index contributed by atoms with van der Waals surface area (Å²) in [7, 11) is 0. The minimum absolute atomic E-state index is 0.00938. The molecule has 10 bridgehead atoms. The number of carbonyl (C=O) groups is 5. The van der Waals surface area contributed by atoms with Crippen LogP contribution in [0.1, 0.15) is 190 Å². The van der Waals surface area contributed by atoms with Crippen molar-refractivity contribution in [2.45, 2.75) is 243 Å². The van der Waals surface area contributed by atoms with Crippen LogP contribution in [0.4, 0.5) is 26.3 Å². The highest BCUT2D eigenvalue weighted by Crippen LogP contribution is 2.62. The molecule has 18 heteroatoms. The molecule has 0 spiro atoms. The lowest BCUT2D eigenvalue weighted by molar-refractivity contribution is -0.373. The SMILES string of the molecule is CCC(C)(CCC(C)(CCC(C)(CCC(C)(C)C(=O)OC1(C)C2CC3CC(C2)CC1C3)C(=O)OC(C)CC(O)(C(F)(F)F)C(F)(F)F)C(=O)OC12CC3CC(CC(O)(C3)C1)C2)C(=O)OC1C2CC3C(=O)OC1C3C2. The largest absolute Gasteiger partial charge is 0.462 e. The molecule has 0 radical (unpaired) electrons. The van der Waals surface area contributed by atoms with Crippen LogP contribution in [0.15, 0.2) is 0 Å². The van der Waals surface area contributed by atoms with Gasteiger partial charge in [0.2, 0.25) is 0 Å². The van der Waals surface area contributed by atoms with E-state index in [1.165, 1.54) is 13.3 Å². The van der Waals surface area contributed by atoms with Gasteiger partial charge in [-0.3, -0.25) is 24.0 Å². The zero-order valence-electron chi connectivity index (χ0n) is 44.5. The molecule has 0 aromatic carbocycles. The number of esters is 5. The first-order chi connectivity index (χ1) is 34.1. The fourth-order valence-electron chi connectivity index (χ4n) is 16.6. The van der Waals surface area contributed by atoms with Crippen LogP contribution in [-0.4, -0.2) is 93.1 Å². The summed E-state index contributed by atoms with van der Waals surface area (Å²) in [5.74, 6) is -1.43. The molecule has 2 N–H and O–H groups in total. The molecule has 11 unspecified atom stereocenters. The van der Waals surface area contributed by atoms with Crippen molar-refractivity contribution in [3.8, 4) is 0 Å². The molecule has 12 nitrogen and oxygen atoms in total. The topological polar surface area (TPSA) is 172 Å². The molecule has 11 rings (SSSR count). The van der Waals surface area contributed by atoms with Crippen molar-refractivity contribution in [1.29, 1.82) is 0 Å². The molecule has 0 amide bonds. The third kappa shape index (κ3) is 9.80. The third-order valence-corrected chi connectivity index (χ3v) is 21.4. The first kappa shape index (κ1) is 55.6. The molecule has 0 aromatic heterocycles. The Kier molecular flexibility index (Phi) is 13.9. The van der Waals surface area contributed by atoms with Crippen molar-refractivity contribution in [2.75, 3.05) is 0 Å². The summed E-state index contributed by atoms with van der Waals surface area (Å²) in [6.07, 6.45) is -7.89. The van der Waals surface area contributed by atoms with Crippen molar-refractivity contribution in [3.63, 3.8) is 0 Å². The minimum atomic E-state index is -6.16. The van der Waals surface area contributed by atoms with E-state index in [4.69, 9.17) is 23.7 Å². The van der Waals surface area contributed by atoms with Gasteiger partial charge in [-0.05, 0) is 206 Å². The van der Waals surface area contributed by atoms with Crippen molar-refractivity contribution < 1.29 is 84.2 Å². The standard InChI is InChI=1S/C56H80F6O12/c1-9-48(5,44(65)72-40-35-22-38-39(23-35)42(63)71-41(38)40)12-13-50(7,46(67)74-53-27-33-17-34(28-53)26-52(68,25-33)29-53)15-14-49(6,45(66)70-30(2)24-54(69,55(57,58)59)56(60,61)62)11-10-47(3,4)43(64)73-51(8)36-18-31-16-32(20-36)21-37(51)19-31/h30-41,68-69H,9-29H2,1-8H3. The molecule has 11 aliphatic rings. The smallest absolute Gasteiger partial charge is 0.426 e. The second-order valence-electron chi connectivity index (χ2n) is 27.6. The van der Waals surface area contributed by atoms with E-state index in [0.717, 1.165) is 45.4 Å². The lowest BCUT2D eigenvalue weighted by Crippen LogP contribution is -2.61. The summed E-state index contributed by atoms with van der Waals surface area (Å²) in [5.41, 5.74) is -13.5. The molecule has 74 heavy (non-hydrogen) atoms.